The van der Waals surface area contributed by atoms with E-state index in [2.05, 4.69) is 10.6 Å². The second kappa shape index (κ2) is 4.61. The first kappa shape index (κ1) is 11.3. The van der Waals surface area contributed by atoms with Crippen LogP contribution in [0.1, 0.15) is 0 Å². The van der Waals surface area contributed by atoms with Crippen molar-refractivity contribution < 1.29 is 9.72 Å². The molecule has 0 aliphatic carbocycles. The first-order valence-electron chi connectivity index (χ1n) is 3.97. The number of nitrogens with one attached hydrogen (secondary N) is 2. The Balaban J connectivity index is 2.91. The van der Waals surface area contributed by atoms with Crippen LogP contribution >= 0.6 is 11.6 Å². The van der Waals surface area contributed by atoms with Crippen LogP contribution in [0.5, 0.6) is 0 Å². The van der Waals surface area contributed by atoms with Gasteiger partial charge < -0.3 is 10.6 Å². The average molecular weight is 230 g/mol. The lowest BCUT2D eigenvalue weighted by molar-refractivity contribution is -0.384. The number of benzene rings is 1. The number of amides is 2. The van der Waals surface area contributed by atoms with Gasteiger partial charge in [0.25, 0.3) is 5.69 Å². The summed E-state index contributed by atoms with van der Waals surface area (Å²) in [5.74, 6) is 0. The topological polar surface area (TPSA) is 84.3 Å². The Hall–Kier alpha value is -1.82. The van der Waals surface area contributed by atoms with Crippen molar-refractivity contribution in [1.82, 2.24) is 5.32 Å². The molecule has 1 rings (SSSR count). The van der Waals surface area contributed by atoms with E-state index in [9.17, 15) is 14.9 Å². The number of carbonyl (C=O) groups excluding carboxylic acids is 1. The van der Waals surface area contributed by atoms with Crippen LogP contribution in [0.15, 0.2) is 18.2 Å². The maximum Gasteiger partial charge on any atom is 0.318 e. The Morgan fingerprint density at radius 1 is 1.53 bits per heavy atom. The van der Waals surface area contributed by atoms with E-state index in [1.165, 1.54) is 25.2 Å². The zero-order valence-corrected chi connectivity index (χ0v) is 8.54. The summed E-state index contributed by atoms with van der Waals surface area (Å²) in [7, 11) is 1.46. The van der Waals surface area contributed by atoms with Gasteiger partial charge in [0, 0.05) is 18.8 Å². The van der Waals surface area contributed by atoms with Crippen LogP contribution in [0.3, 0.4) is 0 Å². The summed E-state index contributed by atoms with van der Waals surface area (Å²) in [6.07, 6.45) is 0. The van der Waals surface area contributed by atoms with Gasteiger partial charge in [-0.15, -0.1) is 0 Å². The molecule has 0 spiro atoms. The second-order valence-corrected chi connectivity index (χ2v) is 3.03. The summed E-state index contributed by atoms with van der Waals surface area (Å²) in [5, 5.41) is 15.2. The quantitative estimate of drug-likeness (QED) is 0.601. The lowest BCUT2D eigenvalue weighted by Gasteiger charge is -2.04. The summed E-state index contributed by atoms with van der Waals surface area (Å²) in [6.45, 7) is 0. The smallest absolute Gasteiger partial charge is 0.318 e. The number of carbonyl (C=O) groups is 1. The van der Waals surface area contributed by atoms with E-state index < -0.39 is 11.0 Å². The molecular formula is C8H8ClN3O3. The standard InChI is InChI=1S/C8H8ClN3O3/c1-10-8(13)11-5-2-3-7(12(14)15)6(9)4-5/h2-4H,1H3,(H2,10,11,13). The largest absolute Gasteiger partial charge is 0.341 e. The van der Waals surface area contributed by atoms with E-state index in [4.69, 9.17) is 11.6 Å². The molecule has 80 valence electrons. The van der Waals surface area contributed by atoms with Crippen molar-refractivity contribution >= 4 is 29.0 Å². The summed E-state index contributed by atoms with van der Waals surface area (Å²) in [5.41, 5.74) is 0.198. The third kappa shape index (κ3) is 2.81. The maximum atomic E-state index is 10.9. The minimum absolute atomic E-state index is 0.0195. The van der Waals surface area contributed by atoms with E-state index in [0.29, 0.717) is 5.69 Å². The molecule has 0 fully saturated rings. The number of urea groups is 1. The third-order valence-corrected chi connectivity index (χ3v) is 1.93. The van der Waals surface area contributed by atoms with Crippen LogP contribution in [0.2, 0.25) is 5.02 Å². The van der Waals surface area contributed by atoms with Crippen LogP contribution in [0.25, 0.3) is 0 Å². The zero-order valence-electron chi connectivity index (χ0n) is 7.78. The Morgan fingerprint density at radius 2 is 2.20 bits per heavy atom. The van der Waals surface area contributed by atoms with Crippen LogP contribution in [-0.4, -0.2) is 18.0 Å². The molecule has 0 saturated carbocycles. The Morgan fingerprint density at radius 3 is 2.67 bits per heavy atom. The van der Waals surface area contributed by atoms with Crippen molar-refractivity contribution in [3.63, 3.8) is 0 Å². The molecule has 0 aliphatic rings. The zero-order chi connectivity index (χ0) is 11.4. The third-order valence-electron chi connectivity index (χ3n) is 1.63. The highest BCUT2D eigenvalue weighted by Crippen LogP contribution is 2.26. The van der Waals surface area contributed by atoms with Crippen molar-refractivity contribution in [3.05, 3.63) is 33.3 Å². The van der Waals surface area contributed by atoms with Crippen molar-refractivity contribution in [3.8, 4) is 0 Å². The minimum Gasteiger partial charge on any atom is -0.341 e. The molecule has 1 aromatic rings. The lowest BCUT2D eigenvalue weighted by atomic mass is 10.3. The fourth-order valence-corrected chi connectivity index (χ4v) is 1.18. The van der Waals surface area contributed by atoms with Gasteiger partial charge in [-0.3, -0.25) is 10.1 Å². The van der Waals surface area contributed by atoms with E-state index in [-0.39, 0.29) is 10.7 Å². The van der Waals surface area contributed by atoms with Crippen LogP contribution in [0.4, 0.5) is 16.2 Å². The number of nitrogens with zero attached hydrogens (tertiary/aromatic N) is 1. The predicted molar refractivity (Wildman–Crippen MR) is 56.2 cm³/mol. The Bertz CT molecular complexity index is 408. The summed E-state index contributed by atoms with van der Waals surface area (Å²) in [6, 6.07) is 3.53. The first-order valence-corrected chi connectivity index (χ1v) is 4.35. The van der Waals surface area contributed by atoms with Crippen molar-refractivity contribution in [2.24, 2.45) is 0 Å². The molecule has 1 aromatic carbocycles. The summed E-state index contributed by atoms with van der Waals surface area (Å²) < 4.78 is 0. The molecule has 2 N–H and O–H groups in total. The minimum atomic E-state index is -0.591. The highest BCUT2D eigenvalue weighted by Gasteiger charge is 2.12. The monoisotopic (exact) mass is 229 g/mol. The number of hydrogen-bond acceptors (Lipinski definition) is 3. The van der Waals surface area contributed by atoms with Gasteiger partial charge in [-0.05, 0) is 12.1 Å². The molecule has 7 heteroatoms. The Kier molecular flexibility index (Phi) is 3.46. The fraction of sp³-hybridized carbons (Fsp3) is 0.125. The van der Waals surface area contributed by atoms with Gasteiger partial charge in [0.1, 0.15) is 5.02 Å². The number of nitro groups is 1. The van der Waals surface area contributed by atoms with Crippen molar-refractivity contribution in [2.75, 3.05) is 12.4 Å². The highest BCUT2D eigenvalue weighted by atomic mass is 35.5. The molecule has 0 heterocycles. The van der Waals surface area contributed by atoms with Crippen LogP contribution < -0.4 is 10.6 Å². The SMILES string of the molecule is CNC(=O)Nc1ccc([N+](=O)[O-])c(Cl)c1. The summed E-state index contributed by atoms with van der Waals surface area (Å²) in [4.78, 5) is 20.8. The molecule has 2 amide bonds. The van der Waals surface area contributed by atoms with E-state index in [1.807, 2.05) is 0 Å². The van der Waals surface area contributed by atoms with Gasteiger partial charge in [0.2, 0.25) is 0 Å². The molecule has 0 saturated heterocycles. The van der Waals surface area contributed by atoms with Crippen LogP contribution in [-0.2, 0) is 0 Å². The predicted octanol–water partition coefficient (Wildman–Crippen LogP) is 2.00. The molecule has 0 radical (unpaired) electrons. The van der Waals surface area contributed by atoms with Crippen molar-refractivity contribution in [2.45, 2.75) is 0 Å². The highest BCUT2D eigenvalue weighted by molar-refractivity contribution is 6.33. The molecule has 0 bridgehead atoms. The number of halogens is 1. The molecule has 0 atom stereocenters. The Labute approximate surface area is 90.4 Å². The molecular weight excluding hydrogens is 222 g/mol. The van der Waals surface area contributed by atoms with Gasteiger partial charge in [-0.25, -0.2) is 4.79 Å². The molecule has 0 aliphatic heterocycles. The van der Waals surface area contributed by atoms with Gasteiger partial charge in [-0.2, -0.15) is 0 Å². The second-order valence-electron chi connectivity index (χ2n) is 2.63. The van der Waals surface area contributed by atoms with E-state index in [0.717, 1.165) is 0 Å². The summed E-state index contributed by atoms with van der Waals surface area (Å²) >= 11 is 5.64. The number of hydrogen-bond donors (Lipinski definition) is 2. The molecule has 0 aromatic heterocycles. The normalized spacial score (nSPS) is 9.47. The number of rotatable bonds is 2. The van der Waals surface area contributed by atoms with Gasteiger partial charge >= 0.3 is 6.03 Å². The molecule has 6 nitrogen and oxygen atoms in total. The molecule has 0 unspecified atom stereocenters. The van der Waals surface area contributed by atoms with Gasteiger partial charge in [0.05, 0.1) is 4.92 Å². The fourth-order valence-electron chi connectivity index (χ4n) is 0.926. The first-order chi connectivity index (χ1) is 7.04. The lowest BCUT2D eigenvalue weighted by Crippen LogP contribution is -2.24. The molecule has 15 heavy (non-hydrogen) atoms. The number of nitro benzene ring substituents is 1. The van der Waals surface area contributed by atoms with Gasteiger partial charge in [-0.1, -0.05) is 11.6 Å². The maximum absolute atomic E-state index is 10.9. The number of anilines is 1. The van der Waals surface area contributed by atoms with Crippen LogP contribution in [0, 0.1) is 10.1 Å². The van der Waals surface area contributed by atoms with Gasteiger partial charge in [0.15, 0.2) is 0 Å². The average Bonchev–Trinajstić information content (AvgIpc) is 2.17. The van der Waals surface area contributed by atoms with Crippen molar-refractivity contribution in [1.29, 1.82) is 0 Å². The van der Waals surface area contributed by atoms with E-state index in [1.54, 1.807) is 0 Å². The van der Waals surface area contributed by atoms with E-state index >= 15 is 0 Å².